The molecule has 2 rings (SSSR count). The fraction of sp³-hybridized carbons (Fsp3) is 0.667. The number of esters is 1. The molecular weight excluding hydrogens is 236 g/mol. The number of likely N-dealkylation sites (tertiary alicyclic amines) is 1. The van der Waals surface area contributed by atoms with Crippen LogP contribution in [0.15, 0.2) is 12.7 Å². The number of nitrogens with zero attached hydrogens (tertiary/aromatic N) is 1. The Hall–Kier alpha value is -1.56. The molecule has 1 amide bonds. The number of hydrogen-bond acceptors (Lipinski definition) is 5. The zero-order valence-corrected chi connectivity index (χ0v) is 10.5. The first kappa shape index (κ1) is 12.9. The first-order valence-corrected chi connectivity index (χ1v) is 5.94. The molecule has 0 radical (unpaired) electrons. The zero-order valence-electron chi connectivity index (χ0n) is 10.5. The molecule has 100 valence electrons. The van der Waals surface area contributed by atoms with Crippen molar-refractivity contribution in [1.82, 2.24) is 10.2 Å². The summed E-state index contributed by atoms with van der Waals surface area (Å²) in [7, 11) is 1.38. The van der Waals surface area contributed by atoms with Gasteiger partial charge in [-0.05, 0) is 6.42 Å². The van der Waals surface area contributed by atoms with Gasteiger partial charge in [-0.3, -0.25) is 4.79 Å². The number of nitrogens with one attached hydrogen (secondary N) is 1. The van der Waals surface area contributed by atoms with E-state index < -0.39 is 0 Å². The Morgan fingerprint density at radius 3 is 2.89 bits per heavy atom. The van der Waals surface area contributed by atoms with Crippen molar-refractivity contribution in [3.05, 3.63) is 12.7 Å². The topological polar surface area (TPSA) is 67.9 Å². The van der Waals surface area contributed by atoms with Gasteiger partial charge in [0.1, 0.15) is 12.6 Å². The van der Waals surface area contributed by atoms with E-state index >= 15 is 0 Å². The van der Waals surface area contributed by atoms with Crippen molar-refractivity contribution in [3.8, 4) is 0 Å². The lowest BCUT2D eigenvalue weighted by atomic mass is 9.78. The largest absolute Gasteiger partial charge is 0.468 e. The molecule has 2 saturated heterocycles. The number of carbonyl (C=O) groups excluding carboxylic acids is 2. The molecule has 6 nitrogen and oxygen atoms in total. The third kappa shape index (κ3) is 2.33. The van der Waals surface area contributed by atoms with Gasteiger partial charge in [-0.25, -0.2) is 4.79 Å². The number of rotatable bonds is 3. The second kappa shape index (κ2) is 4.97. The molecular formula is C12H18N2O4. The SMILES string of the molecule is C=CCOC(=O)N1CC2(CNC(C(=O)OC)C2)C1. The number of ether oxygens (including phenoxy) is 2. The molecule has 0 aromatic heterocycles. The van der Waals surface area contributed by atoms with Crippen molar-refractivity contribution in [3.63, 3.8) is 0 Å². The van der Waals surface area contributed by atoms with Crippen LogP contribution >= 0.6 is 0 Å². The van der Waals surface area contributed by atoms with Gasteiger partial charge in [0.25, 0.3) is 0 Å². The van der Waals surface area contributed by atoms with E-state index in [0.29, 0.717) is 19.5 Å². The Kier molecular flexibility index (Phi) is 3.56. The van der Waals surface area contributed by atoms with Crippen LogP contribution in [0.1, 0.15) is 6.42 Å². The summed E-state index contributed by atoms with van der Waals surface area (Å²) in [5.74, 6) is -0.237. The summed E-state index contributed by atoms with van der Waals surface area (Å²) in [6.07, 6.45) is 1.94. The summed E-state index contributed by atoms with van der Waals surface area (Å²) in [6, 6.07) is -0.249. The van der Waals surface area contributed by atoms with Crippen LogP contribution in [0.2, 0.25) is 0 Å². The fourth-order valence-electron chi connectivity index (χ4n) is 2.58. The van der Waals surface area contributed by atoms with Gasteiger partial charge in [-0.2, -0.15) is 0 Å². The van der Waals surface area contributed by atoms with Crippen molar-refractivity contribution < 1.29 is 19.1 Å². The van der Waals surface area contributed by atoms with E-state index in [4.69, 9.17) is 9.47 Å². The van der Waals surface area contributed by atoms with Crippen molar-refractivity contribution in [2.45, 2.75) is 12.5 Å². The molecule has 2 aliphatic rings. The molecule has 2 aliphatic heterocycles. The molecule has 6 heteroatoms. The lowest BCUT2D eigenvalue weighted by Crippen LogP contribution is -2.59. The highest BCUT2D eigenvalue weighted by Crippen LogP contribution is 2.38. The lowest BCUT2D eigenvalue weighted by molar-refractivity contribution is -0.143. The second-order valence-electron chi connectivity index (χ2n) is 4.88. The van der Waals surface area contributed by atoms with Gasteiger partial charge in [-0.1, -0.05) is 12.7 Å². The summed E-state index contributed by atoms with van der Waals surface area (Å²) in [5.41, 5.74) is 0.00601. The maximum absolute atomic E-state index is 11.5. The summed E-state index contributed by atoms with van der Waals surface area (Å²) < 4.78 is 9.66. The Morgan fingerprint density at radius 2 is 2.28 bits per heavy atom. The minimum atomic E-state index is -0.318. The van der Waals surface area contributed by atoms with Crippen LogP contribution in [0.25, 0.3) is 0 Å². The maximum Gasteiger partial charge on any atom is 0.410 e. The van der Waals surface area contributed by atoms with Crippen molar-refractivity contribution >= 4 is 12.1 Å². The van der Waals surface area contributed by atoms with Gasteiger partial charge in [-0.15, -0.1) is 0 Å². The lowest BCUT2D eigenvalue weighted by Gasteiger charge is -2.46. The Morgan fingerprint density at radius 1 is 1.56 bits per heavy atom. The minimum absolute atomic E-state index is 0.00601. The van der Waals surface area contributed by atoms with Crippen LogP contribution < -0.4 is 5.32 Å². The summed E-state index contributed by atoms with van der Waals surface area (Å²) in [4.78, 5) is 24.6. The molecule has 0 aromatic carbocycles. The molecule has 0 aliphatic carbocycles. The maximum atomic E-state index is 11.5. The molecule has 1 atom stereocenters. The van der Waals surface area contributed by atoms with Gasteiger partial charge in [0.05, 0.1) is 7.11 Å². The van der Waals surface area contributed by atoms with Crippen LogP contribution in [0.3, 0.4) is 0 Å². The van der Waals surface area contributed by atoms with Gasteiger partial charge < -0.3 is 19.7 Å². The van der Waals surface area contributed by atoms with Crippen LogP contribution in [0.4, 0.5) is 4.79 Å². The number of methoxy groups -OCH3 is 1. The van der Waals surface area contributed by atoms with E-state index in [0.717, 1.165) is 6.54 Å². The highest BCUT2D eigenvalue weighted by molar-refractivity contribution is 5.76. The third-order valence-corrected chi connectivity index (χ3v) is 3.48. The normalized spacial score (nSPS) is 24.5. The predicted octanol–water partition coefficient (Wildman–Crippen LogP) is 0.146. The molecule has 1 N–H and O–H groups in total. The average Bonchev–Trinajstić information content (AvgIpc) is 2.78. The Labute approximate surface area is 106 Å². The van der Waals surface area contributed by atoms with E-state index in [1.807, 2.05) is 0 Å². The Balaban J connectivity index is 1.80. The van der Waals surface area contributed by atoms with E-state index in [1.165, 1.54) is 13.2 Å². The number of carbonyl (C=O) groups is 2. The quantitative estimate of drug-likeness (QED) is 0.573. The van der Waals surface area contributed by atoms with Crippen molar-refractivity contribution in [1.29, 1.82) is 0 Å². The predicted molar refractivity (Wildman–Crippen MR) is 64.0 cm³/mol. The number of hydrogen-bond donors (Lipinski definition) is 1. The van der Waals surface area contributed by atoms with Crippen LogP contribution in [-0.4, -0.2) is 56.4 Å². The molecule has 1 spiro atoms. The monoisotopic (exact) mass is 254 g/mol. The van der Waals surface area contributed by atoms with Gasteiger partial charge in [0.15, 0.2) is 0 Å². The van der Waals surface area contributed by atoms with Crippen LogP contribution in [0.5, 0.6) is 0 Å². The fourth-order valence-corrected chi connectivity index (χ4v) is 2.58. The molecule has 2 heterocycles. The molecule has 18 heavy (non-hydrogen) atoms. The van der Waals surface area contributed by atoms with Crippen molar-refractivity contribution in [2.24, 2.45) is 5.41 Å². The summed E-state index contributed by atoms with van der Waals surface area (Å²) in [5, 5.41) is 3.13. The highest BCUT2D eigenvalue weighted by Gasteiger charge is 2.51. The van der Waals surface area contributed by atoms with E-state index in [-0.39, 0.29) is 30.1 Å². The molecule has 0 bridgehead atoms. The van der Waals surface area contributed by atoms with E-state index in [1.54, 1.807) is 4.90 Å². The minimum Gasteiger partial charge on any atom is -0.468 e. The molecule has 0 aromatic rings. The smallest absolute Gasteiger partial charge is 0.410 e. The van der Waals surface area contributed by atoms with Crippen molar-refractivity contribution in [2.75, 3.05) is 33.4 Å². The highest BCUT2D eigenvalue weighted by atomic mass is 16.6. The summed E-state index contributed by atoms with van der Waals surface area (Å²) in [6.45, 7) is 5.71. The van der Waals surface area contributed by atoms with Gasteiger partial charge in [0, 0.05) is 25.0 Å². The second-order valence-corrected chi connectivity index (χ2v) is 4.88. The third-order valence-electron chi connectivity index (χ3n) is 3.48. The first-order valence-electron chi connectivity index (χ1n) is 5.94. The number of amides is 1. The molecule has 1 unspecified atom stereocenters. The van der Waals surface area contributed by atoms with Crippen LogP contribution in [0, 0.1) is 5.41 Å². The van der Waals surface area contributed by atoms with Crippen LogP contribution in [-0.2, 0) is 14.3 Å². The summed E-state index contributed by atoms with van der Waals surface area (Å²) >= 11 is 0. The van der Waals surface area contributed by atoms with E-state index in [9.17, 15) is 9.59 Å². The average molecular weight is 254 g/mol. The standard InChI is InChI=1S/C12H18N2O4/c1-3-4-18-11(16)14-7-12(8-14)5-9(13-6-12)10(15)17-2/h3,9,13H,1,4-8H2,2H3. The molecule has 0 saturated carbocycles. The van der Waals surface area contributed by atoms with Gasteiger partial charge in [0.2, 0.25) is 0 Å². The zero-order chi connectivity index (χ0) is 13.2. The first-order chi connectivity index (χ1) is 8.60. The Bertz CT molecular complexity index is 363. The van der Waals surface area contributed by atoms with E-state index in [2.05, 4.69) is 11.9 Å². The van der Waals surface area contributed by atoms with Gasteiger partial charge >= 0.3 is 12.1 Å². The molecule has 2 fully saturated rings.